The molecule has 2 aliphatic rings. The second-order valence-electron chi connectivity index (χ2n) is 6.29. The molecule has 2 fully saturated rings. The first kappa shape index (κ1) is 17.2. The van der Waals surface area contributed by atoms with Crippen LogP contribution in [-0.2, 0) is 14.2 Å². The number of hydrogen-bond acceptors (Lipinski definition) is 4. The van der Waals surface area contributed by atoms with Crippen LogP contribution in [0.25, 0.3) is 11.0 Å². The predicted molar refractivity (Wildman–Crippen MR) is 93.2 cm³/mol. The number of ether oxygens (including phenoxy) is 3. The minimum Gasteiger partial charge on any atom is -0.348 e. The normalized spacial score (nSPS) is 31.8. The molecule has 0 radical (unpaired) electrons. The van der Waals surface area contributed by atoms with Crippen LogP contribution in [0.5, 0.6) is 0 Å². The van der Waals surface area contributed by atoms with Crippen molar-refractivity contribution in [3.05, 3.63) is 27.5 Å². The summed E-state index contributed by atoms with van der Waals surface area (Å²) in [4.78, 5) is 4.34. The topological polar surface area (TPSA) is 45.5 Å². The Labute approximate surface area is 158 Å². The zero-order valence-electron chi connectivity index (χ0n) is 12.8. The lowest BCUT2D eigenvalue weighted by molar-refractivity contribution is -0.193. The molecule has 4 rings (SSSR count). The molecule has 2 aliphatic heterocycles. The molecule has 3 heterocycles. The Morgan fingerprint density at radius 2 is 1.79 bits per heavy atom. The molecule has 2 aromatic rings. The quantitative estimate of drug-likeness (QED) is 0.674. The van der Waals surface area contributed by atoms with E-state index in [9.17, 15) is 0 Å². The summed E-state index contributed by atoms with van der Waals surface area (Å²) in [6.45, 7) is 3.72. The summed E-state index contributed by atoms with van der Waals surface area (Å²) in [5.74, 6) is -0.431. The Balaban J connectivity index is 1.82. The van der Waals surface area contributed by atoms with E-state index >= 15 is 0 Å². The predicted octanol–water partition coefficient (Wildman–Crippen LogP) is 4.65. The SMILES string of the molecule is CC1(C)OC2C(CCl)OC(n3c(Cl)nc4cc(Cl)c(Cl)cc43)C2O1. The molecule has 0 N–H and O–H groups in total. The fourth-order valence-corrected chi connectivity index (χ4v) is 4.14. The van der Waals surface area contributed by atoms with Crippen LogP contribution in [0.3, 0.4) is 0 Å². The highest BCUT2D eigenvalue weighted by atomic mass is 35.5. The van der Waals surface area contributed by atoms with Crippen LogP contribution in [-0.4, -0.2) is 39.5 Å². The van der Waals surface area contributed by atoms with Gasteiger partial charge in [0.05, 0.1) is 27.0 Å². The van der Waals surface area contributed by atoms with E-state index in [-0.39, 0.29) is 29.5 Å². The third-order valence-electron chi connectivity index (χ3n) is 4.22. The van der Waals surface area contributed by atoms with E-state index in [1.165, 1.54) is 0 Å². The van der Waals surface area contributed by atoms with E-state index in [1.807, 2.05) is 13.8 Å². The van der Waals surface area contributed by atoms with Crippen molar-refractivity contribution < 1.29 is 14.2 Å². The van der Waals surface area contributed by atoms with E-state index in [4.69, 9.17) is 60.6 Å². The summed E-state index contributed by atoms with van der Waals surface area (Å²) in [5, 5.41) is 1.08. The third kappa shape index (κ3) is 2.62. The smallest absolute Gasteiger partial charge is 0.206 e. The summed E-state index contributed by atoms with van der Waals surface area (Å²) in [5.41, 5.74) is 1.34. The van der Waals surface area contributed by atoms with Crippen molar-refractivity contribution in [1.82, 2.24) is 9.55 Å². The minimum atomic E-state index is -0.717. The summed E-state index contributed by atoms with van der Waals surface area (Å²) in [6, 6.07) is 3.38. The first-order valence-electron chi connectivity index (χ1n) is 7.40. The largest absolute Gasteiger partial charge is 0.348 e. The Bertz CT molecular complexity index is 810. The number of imidazole rings is 1. The summed E-state index contributed by atoms with van der Waals surface area (Å²) >= 11 is 24.6. The standard InChI is InChI=1S/C15H14Cl4N2O3/c1-15(2)23-11-10(5-16)22-13(12(11)24-15)21-9-4-7(18)6(17)3-8(9)20-14(21)19/h3-4,10-13H,5H2,1-2H3. The van der Waals surface area contributed by atoms with Crippen LogP contribution >= 0.6 is 46.4 Å². The van der Waals surface area contributed by atoms with E-state index in [2.05, 4.69) is 4.98 Å². The summed E-state index contributed by atoms with van der Waals surface area (Å²) in [6.07, 6.45) is -1.46. The molecule has 4 unspecified atom stereocenters. The summed E-state index contributed by atoms with van der Waals surface area (Å²) < 4.78 is 19.8. The van der Waals surface area contributed by atoms with Gasteiger partial charge in [-0.25, -0.2) is 4.98 Å². The van der Waals surface area contributed by atoms with Gasteiger partial charge in [0.1, 0.15) is 18.3 Å². The maximum atomic E-state index is 6.36. The van der Waals surface area contributed by atoms with Gasteiger partial charge in [0.2, 0.25) is 5.28 Å². The van der Waals surface area contributed by atoms with Gasteiger partial charge in [-0.2, -0.15) is 0 Å². The van der Waals surface area contributed by atoms with Crippen LogP contribution in [0, 0.1) is 0 Å². The monoisotopic (exact) mass is 410 g/mol. The van der Waals surface area contributed by atoms with E-state index in [0.717, 1.165) is 0 Å². The first-order chi connectivity index (χ1) is 11.3. The molecule has 4 atom stereocenters. The van der Waals surface area contributed by atoms with Gasteiger partial charge < -0.3 is 14.2 Å². The van der Waals surface area contributed by atoms with Crippen LogP contribution in [0.1, 0.15) is 20.1 Å². The number of halogens is 4. The average Bonchev–Trinajstić information content (AvgIpc) is 3.08. The Kier molecular flexibility index (Phi) is 4.20. The number of nitrogens with zero attached hydrogens (tertiary/aromatic N) is 2. The van der Waals surface area contributed by atoms with Crippen LogP contribution in [0.2, 0.25) is 15.3 Å². The molecule has 2 saturated heterocycles. The highest BCUT2D eigenvalue weighted by Gasteiger charge is 2.56. The van der Waals surface area contributed by atoms with Gasteiger partial charge in [0.15, 0.2) is 12.0 Å². The van der Waals surface area contributed by atoms with Gasteiger partial charge in [-0.3, -0.25) is 4.57 Å². The molecule has 1 aromatic heterocycles. The van der Waals surface area contributed by atoms with Crippen LogP contribution in [0.15, 0.2) is 12.1 Å². The van der Waals surface area contributed by atoms with E-state index in [0.29, 0.717) is 21.1 Å². The van der Waals surface area contributed by atoms with Gasteiger partial charge in [-0.05, 0) is 37.6 Å². The van der Waals surface area contributed by atoms with Gasteiger partial charge in [-0.1, -0.05) is 23.2 Å². The van der Waals surface area contributed by atoms with E-state index in [1.54, 1.807) is 16.7 Å². The Hall–Kier alpha value is -0.270. The number of aromatic nitrogens is 2. The third-order valence-corrected chi connectivity index (χ3v) is 5.51. The highest BCUT2D eigenvalue weighted by Crippen LogP contribution is 2.45. The molecule has 5 nitrogen and oxygen atoms in total. The molecule has 130 valence electrons. The first-order valence-corrected chi connectivity index (χ1v) is 9.07. The molecule has 0 spiro atoms. The van der Waals surface area contributed by atoms with Gasteiger partial charge in [0.25, 0.3) is 0 Å². The fourth-order valence-electron chi connectivity index (χ4n) is 3.29. The van der Waals surface area contributed by atoms with Crippen molar-refractivity contribution >= 4 is 57.4 Å². The molecule has 9 heteroatoms. The number of rotatable bonds is 2. The zero-order chi connectivity index (χ0) is 17.2. The lowest BCUT2D eigenvalue weighted by Crippen LogP contribution is -2.30. The molecule has 0 aliphatic carbocycles. The second-order valence-corrected chi connectivity index (χ2v) is 7.75. The maximum absolute atomic E-state index is 6.36. The minimum absolute atomic E-state index is 0.260. The number of hydrogen-bond donors (Lipinski definition) is 0. The van der Waals surface area contributed by atoms with Crippen molar-refractivity contribution in [2.24, 2.45) is 0 Å². The Morgan fingerprint density at radius 1 is 1.12 bits per heavy atom. The highest BCUT2D eigenvalue weighted by molar-refractivity contribution is 6.42. The van der Waals surface area contributed by atoms with Crippen molar-refractivity contribution in [2.75, 3.05) is 5.88 Å². The van der Waals surface area contributed by atoms with E-state index < -0.39 is 12.0 Å². The molecule has 0 bridgehead atoms. The second kappa shape index (κ2) is 5.88. The van der Waals surface area contributed by atoms with Crippen molar-refractivity contribution in [3.8, 4) is 0 Å². The number of benzene rings is 1. The fraction of sp³-hybridized carbons (Fsp3) is 0.533. The van der Waals surface area contributed by atoms with Gasteiger partial charge in [-0.15, -0.1) is 11.6 Å². The average molecular weight is 412 g/mol. The van der Waals surface area contributed by atoms with Gasteiger partial charge in [0, 0.05) is 0 Å². The molecular formula is C15H14Cl4N2O3. The lowest BCUT2D eigenvalue weighted by Gasteiger charge is -2.24. The van der Waals surface area contributed by atoms with Crippen LogP contribution in [0.4, 0.5) is 0 Å². The van der Waals surface area contributed by atoms with Gasteiger partial charge >= 0.3 is 0 Å². The van der Waals surface area contributed by atoms with Crippen molar-refractivity contribution in [1.29, 1.82) is 0 Å². The van der Waals surface area contributed by atoms with Crippen molar-refractivity contribution in [3.63, 3.8) is 0 Å². The number of fused-ring (bicyclic) bond motifs is 2. The molecule has 1 aromatic carbocycles. The molecule has 0 saturated carbocycles. The maximum Gasteiger partial charge on any atom is 0.206 e. The Morgan fingerprint density at radius 3 is 2.50 bits per heavy atom. The number of alkyl halides is 1. The lowest BCUT2D eigenvalue weighted by atomic mass is 10.1. The van der Waals surface area contributed by atoms with Crippen LogP contribution < -0.4 is 0 Å². The molecule has 24 heavy (non-hydrogen) atoms. The molecular weight excluding hydrogens is 398 g/mol. The zero-order valence-corrected chi connectivity index (χ0v) is 15.8. The molecule has 0 amide bonds. The summed E-state index contributed by atoms with van der Waals surface area (Å²) in [7, 11) is 0. The van der Waals surface area contributed by atoms with Crippen molar-refractivity contribution in [2.45, 2.75) is 44.2 Å².